The van der Waals surface area contributed by atoms with Crippen molar-refractivity contribution in [2.75, 3.05) is 4.90 Å². The maximum atomic E-state index is 2.37. The van der Waals surface area contributed by atoms with Crippen LogP contribution in [-0.2, 0) is 0 Å². The molecule has 0 aliphatic carbocycles. The van der Waals surface area contributed by atoms with Gasteiger partial charge in [-0.2, -0.15) is 0 Å². The Morgan fingerprint density at radius 1 is 0.348 bits per heavy atom. The Morgan fingerprint density at radius 2 is 0.913 bits per heavy atom. The van der Waals surface area contributed by atoms with Crippen LogP contribution in [0.5, 0.6) is 0 Å². The van der Waals surface area contributed by atoms with Gasteiger partial charge in [-0.25, -0.2) is 0 Å². The van der Waals surface area contributed by atoms with Crippen molar-refractivity contribution in [3.05, 3.63) is 182 Å². The lowest BCUT2D eigenvalue weighted by Gasteiger charge is -2.26. The predicted molar refractivity (Wildman–Crippen MR) is 196 cm³/mol. The second-order valence-corrected chi connectivity index (χ2v) is 11.8. The second-order valence-electron chi connectivity index (χ2n) is 11.8. The van der Waals surface area contributed by atoms with E-state index < -0.39 is 0 Å². The summed E-state index contributed by atoms with van der Waals surface area (Å²) in [7, 11) is 0. The minimum absolute atomic E-state index is 1.12. The number of benzene rings is 8. The number of anilines is 3. The summed E-state index contributed by atoms with van der Waals surface area (Å²) in [6.45, 7) is 0. The van der Waals surface area contributed by atoms with Gasteiger partial charge in [0, 0.05) is 33.5 Å². The van der Waals surface area contributed by atoms with Crippen LogP contribution in [0.25, 0.3) is 60.2 Å². The lowest BCUT2D eigenvalue weighted by Crippen LogP contribution is -2.09. The van der Waals surface area contributed by atoms with Gasteiger partial charge in [0.15, 0.2) is 0 Å². The lowest BCUT2D eigenvalue weighted by molar-refractivity contribution is 1.18. The third-order valence-corrected chi connectivity index (χ3v) is 9.15. The molecule has 0 spiro atoms. The quantitative estimate of drug-likeness (QED) is 0.182. The Bertz CT molecular complexity index is 2510. The smallest absolute Gasteiger partial charge is 0.0542 e. The highest BCUT2D eigenvalue weighted by atomic mass is 15.1. The van der Waals surface area contributed by atoms with E-state index in [1.165, 1.54) is 54.5 Å². The molecule has 9 aromatic rings. The van der Waals surface area contributed by atoms with Crippen molar-refractivity contribution >= 4 is 60.4 Å². The fraction of sp³-hybridized carbons (Fsp3) is 0. The fourth-order valence-electron chi connectivity index (χ4n) is 7.06. The molecule has 1 aromatic heterocycles. The molecule has 0 bridgehead atoms. The summed E-state index contributed by atoms with van der Waals surface area (Å²) in [6, 6.07) is 65.6. The van der Waals surface area contributed by atoms with Gasteiger partial charge < -0.3 is 9.47 Å². The molecule has 0 saturated carbocycles. The standard InChI is InChI=1S/C44H30N2/c1-3-14-33(15-4-1)45(36-27-28-44-42(30-36)40-21-11-12-22-43(40)46(44)34-16-5-2-6-17-34)35-25-23-31(24-26-35)41-29-32-13-7-8-18-37(32)38-19-9-10-20-39(38)41/h1-30H. The van der Waals surface area contributed by atoms with Crippen LogP contribution >= 0.6 is 0 Å². The molecule has 2 nitrogen and oxygen atoms in total. The SMILES string of the molecule is c1ccc(N(c2ccc(-c3cc4ccccc4c4ccccc34)cc2)c2ccc3c(c2)c2ccccc2n3-c2ccccc2)cc1. The van der Waals surface area contributed by atoms with Crippen molar-refractivity contribution in [3.63, 3.8) is 0 Å². The van der Waals surface area contributed by atoms with E-state index in [-0.39, 0.29) is 0 Å². The summed E-state index contributed by atoms with van der Waals surface area (Å²) in [5.74, 6) is 0. The van der Waals surface area contributed by atoms with Gasteiger partial charge in [-0.15, -0.1) is 0 Å². The lowest BCUT2D eigenvalue weighted by atomic mass is 9.93. The van der Waals surface area contributed by atoms with Crippen molar-refractivity contribution in [3.8, 4) is 16.8 Å². The minimum Gasteiger partial charge on any atom is -0.310 e. The Kier molecular flexibility index (Phi) is 6.17. The molecule has 0 fully saturated rings. The van der Waals surface area contributed by atoms with E-state index in [9.17, 15) is 0 Å². The normalized spacial score (nSPS) is 11.5. The molecule has 0 saturated heterocycles. The zero-order valence-corrected chi connectivity index (χ0v) is 25.2. The van der Waals surface area contributed by atoms with Gasteiger partial charge in [0.2, 0.25) is 0 Å². The molecule has 0 radical (unpaired) electrons. The molecule has 0 aliphatic heterocycles. The molecule has 0 amide bonds. The van der Waals surface area contributed by atoms with Crippen molar-refractivity contribution in [1.29, 1.82) is 0 Å². The van der Waals surface area contributed by atoms with Crippen LogP contribution in [0, 0.1) is 0 Å². The monoisotopic (exact) mass is 586 g/mol. The van der Waals surface area contributed by atoms with Gasteiger partial charge in [0.05, 0.1) is 11.0 Å². The van der Waals surface area contributed by atoms with Crippen molar-refractivity contribution in [1.82, 2.24) is 4.57 Å². The largest absolute Gasteiger partial charge is 0.310 e. The van der Waals surface area contributed by atoms with E-state index in [1.807, 2.05) is 0 Å². The average Bonchev–Trinajstić information content (AvgIpc) is 3.46. The predicted octanol–water partition coefficient (Wildman–Crippen LogP) is 12.2. The van der Waals surface area contributed by atoms with E-state index in [0.717, 1.165) is 22.7 Å². The van der Waals surface area contributed by atoms with E-state index in [4.69, 9.17) is 0 Å². The highest BCUT2D eigenvalue weighted by Gasteiger charge is 2.17. The molecule has 0 aliphatic rings. The topological polar surface area (TPSA) is 8.17 Å². The molecule has 8 aromatic carbocycles. The van der Waals surface area contributed by atoms with Crippen molar-refractivity contribution in [2.24, 2.45) is 0 Å². The van der Waals surface area contributed by atoms with Crippen LogP contribution in [0.2, 0.25) is 0 Å². The highest BCUT2D eigenvalue weighted by Crippen LogP contribution is 2.41. The maximum absolute atomic E-state index is 2.37. The van der Waals surface area contributed by atoms with E-state index >= 15 is 0 Å². The number of aromatic nitrogens is 1. The first-order chi connectivity index (χ1) is 22.8. The molecular weight excluding hydrogens is 556 g/mol. The van der Waals surface area contributed by atoms with Gasteiger partial charge in [-0.1, -0.05) is 115 Å². The summed E-state index contributed by atoms with van der Waals surface area (Å²) in [5, 5.41) is 7.58. The highest BCUT2D eigenvalue weighted by molar-refractivity contribution is 6.14. The summed E-state index contributed by atoms with van der Waals surface area (Å²) in [6.07, 6.45) is 0. The average molecular weight is 587 g/mol. The van der Waals surface area contributed by atoms with Gasteiger partial charge >= 0.3 is 0 Å². The van der Waals surface area contributed by atoms with Crippen molar-refractivity contribution < 1.29 is 0 Å². The zero-order valence-electron chi connectivity index (χ0n) is 25.2. The first-order valence-corrected chi connectivity index (χ1v) is 15.8. The number of nitrogens with zero attached hydrogens (tertiary/aromatic N) is 2. The second kappa shape index (κ2) is 10.8. The molecule has 9 rings (SSSR count). The van der Waals surface area contributed by atoms with Crippen LogP contribution in [-0.4, -0.2) is 4.57 Å². The number of rotatable bonds is 5. The molecule has 216 valence electrons. The summed E-state index contributed by atoms with van der Waals surface area (Å²) < 4.78 is 2.37. The fourth-order valence-corrected chi connectivity index (χ4v) is 7.06. The van der Waals surface area contributed by atoms with Crippen LogP contribution in [0.15, 0.2) is 182 Å². The summed E-state index contributed by atoms with van der Waals surface area (Å²) >= 11 is 0. The summed E-state index contributed by atoms with van der Waals surface area (Å²) in [4.78, 5) is 2.36. The van der Waals surface area contributed by atoms with Crippen LogP contribution in [0.1, 0.15) is 0 Å². The van der Waals surface area contributed by atoms with Crippen LogP contribution in [0.4, 0.5) is 17.1 Å². The van der Waals surface area contributed by atoms with E-state index in [1.54, 1.807) is 0 Å². The van der Waals surface area contributed by atoms with Crippen molar-refractivity contribution in [2.45, 2.75) is 0 Å². The Hall–Kier alpha value is -6.12. The van der Waals surface area contributed by atoms with Crippen LogP contribution in [0.3, 0.4) is 0 Å². The number of para-hydroxylation sites is 3. The van der Waals surface area contributed by atoms with Gasteiger partial charge in [0.25, 0.3) is 0 Å². The Morgan fingerprint density at radius 3 is 1.70 bits per heavy atom. The first-order valence-electron chi connectivity index (χ1n) is 15.8. The first kappa shape index (κ1) is 26.3. The maximum Gasteiger partial charge on any atom is 0.0542 e. The number of hydrogen-bond acceptors (Lipinski definition) is 1. The molecule has 0 atom stereocenters. The third-order valence-electron chi connectivity index (χ3n) is 9.15. The van der Waals surface area contributed by atoms with Gasteiger partial charge in [-0.3, -0.25) is 0 Å². The van der Waals surface area contributed by atoms with Gasteiger partial charge in [0.1, 0.15) is 0 Å². The molecule has 1 heterocycles. The molecule has 0 N–H and O–H groups in total. The summed E-state index contributed by atoms with van der Waals surface area (Å²) in [5.41, 5.74) is 9.39. The zero-order chi connectivity index (χ0) is 30.5. The van der Waals surface area contributed by atoms with Gasteiger partial charge in [-0.05, 0) is 99.4 Å². The Balaban J connectivity index is 1.20. The molecule has 0 unspecified atom stereocenters. The van der Waals surface area contributed by atoms with E-state index in [0.29, 0.717) is 0 Å². The van der Waals surface area contributed by atoms with E-state index in [2.05, 4.69) is 191 Å². The Labute approximate surface area is 268 Å². The minimum atomic E-state index is 1.12. The number of fused-ring (bicyclic) bond motifs is 6. The third kappa shape index (κ3) is 4.27. The molecule has 2 heteroatoms. The van der Waals surface area contributed by atoms with Crippen LogP contribution < -0.4 is 4.90 Å². The molecular formula is C44H30N2. The molecule has 46 heavy (non-hydrogen) atoms. The number of hydrogen-bond donors (Lipinski definition) is 0.